The van der Waals surface area contributed by atoms with Crippen LogP contribution in [0.3, 0.4) is 0 Å². The van der Waals surface area contributed by atoms with E-state index in [9.17, 15) is 14.3 Å². The Bertz CT molecular complexity index is 1380. The van der Waals surface area contributed by atoms with E-state index < -0.39 is 8.03 Å². The molecule has 1 heterocycles. The Morgan fingerprint density at radius 1 is 1.06 bits per heavy atom. The van der Waals surface area contributed by atoms with E-state index in [4.69, 9.17) is 5.73 Å². The minimum atomic E-state index is -2.80. The summed E-state index contributed by atoms with van der Waals surface area (Å²) in [5, 5.41) is 5.49. The van der Waals surface area contributed by atoms with Crippen molar-refractivity contribution in [2.45, 2.75) is 31.6 Å². The molecule has 0 radical (unpaired) electrons. The summed E-state index contributed by atoms with van der Waals surface area (Å²) >= 11 is 1.63. The van der Waals surface area contributed by atoms with Gasteiger partial charge in [-0.2, -0.15) is 0 Å². The quantitative estimate of drug-likeness (QED) is 0.207. The molecule has 1 saturated carbocycles. The van der Waals surface area contributed by atoms with Crippen molar-refractivity contribution in [2.75, 3.05) is 11.1 Å². The molecule has 1 atom stereocenters. The maximum Gasteiger partial charge on any atom is 0.255 e. The molecular weight excluding hydrogens is 475 g/mol. The van der Waals surface area contributed by atoms with Crippen LogP contribution in [-0.4, -0.2) is 10.8 Å². The molecule has 0 spiro atoms. The number of carbonyl (C=O) groups excluding carboxylic acids is 1. The van der Waals surface area contributed by atoms with Crippen molar-refractivity contribution >= 4 is 42.0 Å². The van der Waals surface area contributed by atoms with E-state index in [0.29, 0.717) is 34.6 Å². The van der Waals surface area contributed by atoms with Gasteiger partial charge >= 0.3 is 0 Å². The lowest BCUT2D eigenvalue weighted by atomic mass is 9.77. The lowest BCUT2D eigenvalue weighted by Crippen LogP contribution is -2.17. The van der Waals surface area contributed by atoms with Crippen molar-refractivity contribution in [1.82, 2.24) is 0 Å². The molecule has 1 aromatic heterocycles. The molecule has 1 aliphatic rings. The fraction of sp³-hybridized carbons (Fsp3) is 0.179. The zero-order valence-electron chi connectivity index (χ0n) is 19.2. The first kappa shape index (κ1) is 23.6. The smallest absolute Gasteiger partial charge is 0.255 e. The fourth-order valence-electron chi connectivity index (χ4n) is 4.54. The Hall–Kier alpha value is -3.18. The predicted molar refractivity (Wildman–Crippen MR) is 145 cm³/mol. The second-order valence-electron chi connectivity index (χ2n) is 8.91. The van der Waals surface area contributed by atoms with Gasteiger partial charge in [0.1, 0.15) is 0 Å². The Kier molecular flexibility index (Phi) is 6.87. The summed E-state index contributed by atoms with van der Waals surface area (Å²) in [7, 11) is -2.80. The van der Waals surface area contributed by atoms with Crippen LogP contribution in [0.5, 0.6) is 0 Å². The first-order valence-corrected chi connectivity index (χ1v) is 13.9. The third-order valence-electron chi connectivity index (χ3n) is 6.69. The second kappa shape index (κ2) is 10.2. The maximum atomic E-state index is 12.9. The third kappa shape index (κ3) is 5.10. The summed E-state index contributed by atoms with van der Waals surface area (Å²) in [5.74, 6) is 0.231. The molecule has 5 nitrogen and oxygen atoms in total. The summed E-state index contributed by atoms with van der Waals surface area (Å²) in [6.45, 7) is 0. The van der Waals surface area contributed by atoms with Crippen LogP contribution < -0.4 is 16.4 Å². The molecule has 178 valence electrons. The number of amides is 1. The minimum Gasteiger partial charge on any atom is -0.397 e. The van der Waals surface area contributed by atoms with E-state index in [2.05, 4.69) is 11.4 Å². The summed E-state index contributed by atoms with van der Waals surface area (Å²) in [6, 6.07) is 22.8. The van der Waals surface area contributed by atoms with Crippen LogP contribution in [0, 0.1) is 0 Å². The molecule has 1 fully saturated rings. The molecule has 0 saturated heterocycles. The first-order valence-electron chi connectivity index (χ1n) is 11.7. The van der Waals surface area contributed by atoms with Crippen LogP contribution in [0.2, 0.25) is 0 Å². The average Bonchev–Trinajstić information content (AvgIpc) is 3.36. The number of hydrogen-bond acceptors (Lipinski definition) is 4. The summed E-state index contributed by atoms with van der Waals surface area (Å²) in [6.07, 6.45) is 4.02. The number of nitrogens with two attached hydrogens (primary N) is 1. The Labute approximate surface area is 209 Å². The average molecular weight is 503 g/mol. The highest BCUT2D eigenvalue weighted by Crippen LogP contribution is 2.39. The van der Waals surface area contributed by atoms with Crippen LogP contribution in [0.15, 0.2) is 78.2 Å². The van der Waals surface area contributed by atoms with Crippen molar-refractivity contribution in [3.05, 3.63) is 100 Å². The van der Waals surface area contributed by atoms with Crippen LogP contribution in [0.25, 0.3) is 10.4 Å². The minimum absolute atomic E-state index is 0.234. The van der Waals surface area contributed by atoms with Gasteiger partial charge in [-0.15, -0.1) is 11.3 Å². The normalized spacial score (nSPS) is 14.3. The molecule has 0 aliphatic heterocycles. The lowest BCUT2D eigenvalue weighted by molar-refractivity contribution is 0.102. The van der Waals surface area contributed by atoms with Crippen LogP contribution in [-0.2, 0) is 11.0 Å². The number of rotatable bonds is 7. The van der Waals surface area contributed by atoms with E-state index in [-0.39, 0.29) is 5.91 Å². The Balaban J connectivity index is 1.34. The standard InChI is InChI=1S/C28H27N2O3PS/c29-24-14-13-21(27-8-3-15-35-27)17-25(24)30-28(31)20-11-9-18(10-12-20)16-23-22(19-4-1-5-19)6-2-7-26(23)34(32)33/h2-3,6-15,17,19,34H,1,4-5,16,29H2,(H,30,31)(H,32,33). The number of hydrogen-bond donors (Lipinski definition) is 3. The number of thiophene rings is 1. The van der Waals surface area contributed by atoms with E-state index in [1.165, 1.54) is 12.0 Å². The highest BCUT2D eigenvalue weighted by atomic mass is 32.1. The predicted octanol–water partition coefficient (Wildman–Crippen LogP) is 6.20. The maximum absolute atomic E-state index is 12.9. The SMILES string of the molecule is Nc1ccc(-c2cccs2)cc1NC(=O)c1ccc(Cc2c(C3CCC3)cccc2[PH](=O)O)cc1. The summed E-state index contributed by atoms with van der Waals surface area (Å²) < 4.78 is 12.1. The molecule has 35 heavy (non-hydrogen) atoms. The van der Waals surface area contributed by atoms with Crippen molar-refractivity contribution in [1.29, 1.82) is 0 Å². The van der Waals surface area contributed by atoms with Gasteiger partial charge in [-0.25, -0.2) is 0 Å². The van der Waals surface area contributed by atoms with Gasteiger partial charge in [0.25, 0.3) is 5.91 Å². The molecule has 5 rings (SSSR count). The summed E-state index contributed by atoms with van der Waals surface area (Å²) in [5.41, 5.74) is 11.9. The zero-order valence-corrected chi connectivity index (χ0v) is 21.0. The highest BCUT2D eigenvalue weighted by molar-refractivity contribution is 7.47. The number of nitrogen functional groups attached to an aromatic ring is 1. The molecule has 4 aromatic rings. The highest BCUT2D eigenvalue weighted by Gasteiger charge is 2.24. The topological polar surface area (TPSA) is 92.4 Å². The van der Waals surface area contributed by atoms with Crippen LogP contribution in [0.4, 0.5) is 11.4 Å². The molecule has 1 aliphatic carbocycles. The summed E-state index contributed by atoms with van der Waals surface area (Å²) in [4.78, 5) is 24.0. The third-order valence-corrected chi connectivity index (χ3v) is 8.54. The van der Waals surface area contributed by atoms with Gasteiger partial charge in [-0.05, 0) is 89.2 Å². The zero-order chi connectivity index (χ0) is 24.4. The number of nitrogens with one attached hydrogen (secondary N) is 1. The lowest BCUT2D eigenvalue weighted by Gasteiger charge is -2.29. The number of anilines is 2. The molecular formula is C28H27N2O3PS. The Morgan fingerprint density at radius 3 is 2.51 bits per heavy atom. The van der Waals surface area contributed by atoms with Crippen LogP contribution >= 0.6 is 19.4 Å². The second-order valence-corrected chi connectivity index (χ2v) is 11.0. The molecule has 0 bridgehead atoms. The van der Waals surface area contributed by atoms with Gasteiger partial charge < -0.3 is 15.9 Å². The molecule has 4 N–H and O–H groups in total. The Morgan fingerprint density at radius 2 is 1.86 bits per heavy atom. The fourth-order valence-corrected chi connectivity index (χ4v) is 5.99. The monoisotopic (exact) mass is 502 g/mol. The molecule has 3 aromatic carbocycles. The van der Waals surface area contributed by atoms with Gasteiger partial charge in [0.2, 0.25) is 8.03 Å². The van der Waals surface area contributed by atoms with Gasteiger partial charge in [0.15, 0.2) is 0 Å². The van der Waals surface area contributed by atoms with E-state index in [1.54, 1.807) is 35.6 Å². The van der Waals surface area contributed by atoms with Crippen molar-refractivity contribution in [2.24, 2.45) is 0 Å². The van der Waals surface area contributed by atoms with E-state index in [1.807, 2.05) is 47.8 Å². The first-order chi connectivity index (χ1) is 17.0. The molecule has 7 heteroatoms. The van der Waals surface area contributed by atoms with Gasteiger partial charge in [0.05, 0.1) is 11.4 Å². The van der Waals surface area contributed by atoms with E-state index >= 15 is 0 Å². The van der Waals surface area contributed by atoms with Crippen LogP contribution in [0.1, 0.15) is 52.2 Å². The van der Waals surface area contributed by atoms with Crippen molar-refractivity contribution in [3.63, 3.8) is 0 Å². The van der Waals surface area contributed by atoms with Crippen molar-refractivity contribution in [3.8, 4) is 10.4 Å². The van der Waals surface area contributed by atoms with Crippen molar-refractivity contribution < 1.29 is 14.3 Å². The van der Waals surface area contributed by atoms with Gasteiger partial charge in [0, 0.05) is 15.7 Å². The number of carbonyl (C=O) groups is 1. The molecule has 1 unspecified atom stereocenters. The van der Waals surface area contributed by atoms with Gasteiger partial charge in [-0.1, -0.05) is 42.8 Å². The molecule has 1 amide bonds. The largest absolute Gasteiger partial charge is 0.397 e. The number of benzene rings is 3. The van der Waals surface area contributed by atoms with E-state index in [0.717, 1.165) is 34.4 Å². The van der Waals surface area contributed by atoms with Gasteiger partial charge in [-0.3, -0.25) is 9.36 Å².